The highest BCUT2D eigenvalue weighted by atomic mass is 16.5. The number of benzene rings is 1. The number of rotatable bonds is 4. The van der Waals surface area contributed by atoms with Gasteiger partial charge < -0.3 is 4.74 Å². The zero-order chi connectivity index (χ0) is 9.68. The van der Waals surface area contributed by atoms with E-state index in [1.807, 2.05) is 0 Å². The summed E-state index contributed by atoms with van der Waals surface area (Å²) in [5.74, 6) is 0.399. The van der Waals surface area contributed by atoms with Crippen LogP contribution in [0.25, 0.3) is 0 Å². The molecular formula is C10H8O3. The van der Waals surface area contributed by atoms with Gasteiger partial charge in [-0.25, -0.2) is 0 Å². The molecule has 0 unspecified atom stereocenters. The fraction of sp³-hybridized carbons (Fsp3) is 0. The lowest BCUT2D eigenvalue weighted by atomic mass is 10.1. The quantitative estimate of drug-likeness (QED) is 0.519. The Labute approximate surface area is 75.6 Å². The van der Waals surface area contributed by atoms with Gasteiger partial charge in [0.15, 0.2) is 6.29 Å². The van der Waals surface area contributed by atoms with Crippen molar-refractivity contribution in [2.45, 2.75) is 0 Å². The fourth-order valence-corrected chi connectivity index (χ4v) is 0.929. The van der Waals surface area contributed by atoms with E-state index >= 15 is 0 Å². The Kier molecular flexibility index (Phi) is 2.97. The van der Waals surface area contributed by atoms with Gasteiger partial charge in [-0.1, -0.05) is 6.58 Å². The monoisotopic (exact) mass is 176 g/mol. The molecule has 3 heteroatoms. The van der Waals surface area contributed by atoms with E-state index in [-0.39, 0.29) is 0 Å². The molecule has 0 aliphatic rings. The number of carbonyl (C=O) groups excluding carboxylic acids is 2. The summed E-state index contributed by atoms with van der Waals surface area (Å²) in [6.45, 7) is 3.37. The number of hydrogen-bond acceptors (Lipinski definition) is 3. The first kappa shape index (κ1) is 9.19. The van der Waals surface area contributed by atoms with Gasteiger partial charge in [0.1, 0.15) is 12.0 Å². The standard InChI is InChI=1S/C10H8O3/c1-2-13-10-4-3-8(6-11)5-9(10)7-12/h2-7H,1H2. The molecule has 0 amide bonds. The molecule has 0 saturated heterocycles. The summed E-state index contributed by atoms with van der Waals surface area (Å²) in [6.07, 6.45) is 2.53. The number of hydrogen-bond donors (Lipinski definition) is 0. The van der Waals surface area contributed by atoms with Crippen LogP contribution in [0.4, 0.5) is 0 Å². The Hall–Kier alpha value is -1.90. The van der Waals surface area contributed by atoms with Crippen molar-refractivity contribution < 1.29 is 14.3 Å². The van der Waals surface area contributed by atoms with Crippen molar-refractivity contribution in [3.63, 3.8) is 0 Å². The van der Waals surface area contributed by atoms with Crippen molar-refractivity contribution in [3.05, 3.63) is 42.2 Å². The van der Waals surface area contributed by atoms with Crippen molar-refractivity contribution >= 4 is 12.6 Å². The summed E-state index contributed by atoms with van der Waals surface area (Å²) < 4.78 is 4.94. The molecule has 1 aromatic rings. The minimum atomic E-state index is 0.338. The van der Waals surface area contributed by atoms with E-state index in [2.05, 4.69) is 6.58 Å². The van der Waals surface area contributed by atoms with E-state index in [4.69, 9.17) is 4.74 Å². The molecule has 13 heavy (non-hydrogen) atoms. The first-order valence-corrected chi connectivity index (χ1v) is 3.63. The molecule has 0 fully saturated rings. The number of carbonyl (C=O) groups is 2. The Morgan fingerprint density at radius 2 is 2.00 bits per heavy atom. The highest BCUT2D eigenvalue weighted by Gasteiger charge is 2.02. The molecule has 0 bridgehead atoms. The van der Waals surface area contributed by atoms with Gasteiger partial charge >= 0.3 is 0 Å². The average Bonchev–Trinajstić information content (AvgIpc) is 2.19. The molecule has 0 N–H and O–H groups in total. The van der Waals surface area contributed by atoms with Gasteiger partial charge in [-0.3, -0.25) is 9.59 Å². The lowest BCUT2D eigenvalue weighted by Gasteiger charge is -2.02. The maximum Gasteiger partial charge on any atom is 0.153 e. The van der Waals surface area contributed by atoms with E-state index in [1.165, 1.54) is 12.3 Å². The third-order valence-corrected chi connectivity index (χ3v) is 1.51. The van der Waals surface area contributed by atoms with Gasteiger partial charge in [0.25, 0.3) is 0 Å². The third-order valence-electron chi connectivity index (χ3n) is 1.51. The van der Waals surface area contributed by atoms with Gasteiger partial charge in [0.05, 0.1) is 11.8 Å². The molecule has 0 aromatic heterocycles. The summed E-state index contributed by atoms with van der Waals surface area (Å²) in [5, 5.41) is 0. The molecule has 1 rings (SSSR count). The molecule has 3 nitrogen and oxygen atoms in total. The van der Waals surface area contributed by atoms with E-state index in [1.54, 1.807) is 12.1 Å². The van der Waals surface area contributed by atoms with Crippen molar-refractivity contribution in [2.75, 3.05) is 0 Å². The maximum atomic E-state index is 10.5. The topological polar surface area (TPSA) is 43.4 Å². The van der Waals surface area contributed by atoms with Crippen LogP contribution in [0.15, 0.2) is 31.0 Å². The molecule has 0 aliphatic carbocycles. The smallest absolute Gasteiger partial charge is 0.153 e. The molecule has 0 saturated carbocycles. The second-order valence-electron chi connectivity index (χ2n) is 2.32. The van der Waals surface area contributed by atoms with Crippen LogP contribution in [-0.4, -0.2) is 12.6 Å². The van der Waals surface area contributed by atoms with Crippen LogP contribution >= 0.6 is 0 Å². The van der Waals surface area contributed by atoms with Crippen LogP contribution in [0, 0.1) is 0 Å². The average molecular weight is 176 g/mol. The molecule has 0 atom stereocenters. The lowest BCUT2D eigenvalue weighted by molar-refractivity contribution is 0.112. The summed E-state index contributed by atoms with van der Waals surface area (Å²) in [6, 6.07) is 4.58. The van der Waals surface area contributed by atoms with Crippen LogP contribution in [0.1, 0.15) is 20.7 Å². The van der Waals surface area contributed by atoms with Gasteiger partial charge in [0.2, 0.25) is 0 Å². The molecule has 0 aliphatic heterocycles. The van der Waals surface area contributed by atoms with Crippen molar-refractivity contribution in [2.24, 2.45) is 0 Å². The Bertz CT molecular complexity index is 342. The normalized spacial score (nSPS) is 8.92. The maximum absolute atomic E-state index is 10.5. The zero-order valence-electron chi connectivity index (χ0n) is 6.90. The van der Waals surface area contributed by atoms with Crippen LogP contribution in [-0.2, 0) is 0 Å². The van der Waals surface area contributed by atoms with Gasteiger partial charge in [-0.15, -0.1) is 0 Å². The molecule has 0 radical (unpaired) electrons. The zero-order valence-corrected chi connectivity index (χ0v) is 6.90. The van der Waals surface area contributed by atoms with Crippen LogP contribution in [0.2, 0.25) is 0 Å². The first-order chi connectivity index (χ1) is 6.31. The van der Waals surface area contributed by atoms with Crippen molar-refractivity contribution in [1.29, 1.82) is 0 Å². The highest BCUT2D eigenvalue weighted by molar-refractivity contribution is 5.84. The second-order valence-corrected chi connectivity index (χ2v) is 2.32. The minimum Gasteiger partial charge on any atom is -0.465 e. The molecular weight excluding hydrogens is 168 g/mol. The third kappa shape index (κ3) is 2.02. The predicted molar refractivity (Wildman–Crippen MR) is 48.0 cm³/mol. The van der Waals surface area contributed by atoms with Crippen LogP contribution in [0.3, 0.4) is 0 Å². The lowest BCUT2D eigenvalue weighted by Crippen LogP contribution is -1.91. The second kappa shape index (κ2) is 4.21. The fourth-order valence-electron chi connectivity index (χ4n) is 0.929. The summed E-state index contributed by atoms with van der Waals surface area (Å²) in [5.41, 5.74) is 0.781. The molecule has 1 aromatic carbocycles. The highest BCUT2D eigenvalue weighted by Crippen LogP contribution is 2.17. The Morgan fingerprint density at radius 1 is 1.23 bits per heavy atom. The van der Waals surface area contributed by atoms with Crippen LogP contribution < -0.4 is 4.74 Å². The Balaban J connectivity index is 3.14. The Morgan fingerprint density at radius 3 is 2.54 bits per heavy atom. The van der Waals surface area contributed by atoms with Gasteiger partial charge in [-0.05, 0) is 18.2 Å². The van der Waals surface area contributed by atoms with Gasteiger partial charge in [-0.2, -0.15) is 0 Å². The minimum absolute atomic E-state index is 0.338. The molecule has 0 heterocycles. The predicted octanol–water partition coefficient (Wildman–Crippen LogP) is 1.83. The van der Waals surface area contributed by atoms with Crippen molar-refractivity contribution in [1.82, 2.24) is 0 Å². The van der Waals surface area contributed by atoms with Crippen LogP contribution in [0.5, 0.6) is 5.75 Å². The summed E-state index contributed by atoms with van der Waals surface area (Å²) in [4.78, 5) is 20.9. The number of aldehydes is 2. The van der Waals surface area contributed by atoms with Crippen molar-refractivity contribution in [3.8, 4) is 5.75 Å². The van der Waals surface area contributed by atoms with E-state index in [9.17, 15) is 9.59 Å². The largest absolute Gasteiger partial charge is 0.465 e. The van der Waals surface area contributed by atoms with E-state index < -0.39 is 0 Å². The molecule has 0 spiro atoms. The summed E-state index contributed by atoms with van der Waals surface area (Å²) in [7, 11) is 0. The van der Waals surface area contributed by atoms with E-state index in [0.29, 0.717) is 29.4 Å². The summed E-state index contributed by atoms with van der Waals surface area (Å²) >= 11 is 0. The number of ether oxygens (including phenoxy) is 1. The SMILES string of the molecule is C=COc1ccc(C=O)cc1C=O. The molecule has 66 valence electrons. The van der Waals surface area contributed by atoms with Gasteiger partial charge in [0, 0.05) is 5.56 Å². The van der Waals surface area contributed by atoms with E-state index in [0.717, 1.165) is 0 Å². The first-order valence-electron chi connectivity index (χ1n) is 3.63.